The predicted molar refractivity (Wildman–Crippen MR) is 131 cm³/mol. The highest BCUT2D eigenvalue weighted by molar-refractivity contribution is 5.85. The summed E-state index contributed by atoms with van der Waals surface area (Å²) >= 11 is 0. The number of carbonyl (C=O) groups excluding carboxylic acids is 2. The minimum Gasteiger partial charge on any atom is -0.480 e. The molecule has 0 saturated carbocycles. The summed E-state index contributed by atoms with van der Waals surface area (Å²) in [5.41, 5.74) is 3.20. The van der Waals surface area contributed by atoms with Gasteiger partial charge < -0.3 is 19.9 Å². The van der Waals surface area contributed by atoms with Crippen LogP contribution in [0.4, 0.5) is 61.9 Å². The van der Waals surface area contributed by atoms with Crippen molar-refractivity contribution in [2.24, 2.45) is 0 Å². The van der Waals surface area contributed by atoms with E-state index in [-0.39, 0.29) is 6.61 Å². The van der Waals surface area contributed by atoms with Gasteiger partial charge in [0.25, 0.3) is 0 Å². The van der Waals surface area contributed by atoms with E-state index in [2.05, 4.69) is 4.74 Å². The molecular weight excluding hydrogens is 681 g/mol. The lowest BCUT2D eigenvalue weighted by Crippen LogP contribution is -2.70. The quantitative estimate of drug-likeness (QED) is 0.172. The Kier molecular flexibility index (Phi) is 10.1. The Labute approximate surface area is 254 Å². The zero-order valence-electron chi connectivity index (χ0n) is 23.0. The normalized spacial score (nSPS) is 15.0. The van der Waals surface area contributed by atoms with Crippen LogP contribution in [0.5, 0.6) is 0 Å². The maximum absolute atomic E-state index is 13.9. The summed E-state index contributed by atoms with van der Waals surface area (Å²) in [6, 6.07) is 11.9. The number of carbonyl (C=O) groups is 3. The standard InChI is InChI=1S/C27H20F13NO6/c28-22(29,23(30,31)24(32,33)25(34,35)26(36,37)27(38,39)40)9-10-46-19(42)11-18(20(43)44)41-21(45)47-12-17-15-7-3-1-5-13(15)14-6-2-4-8-16(14)17/h1-8,17-18H,9-12H2,(H,41,45)(H,43,44)/t18-/m0/s1. The molecule has 1 amide bonds. The van der Waals surface area contributed by atoms with Crippen LogP contribution >= 0.6 is 0 Å². The summed E-state index contributed by atoms with van der Waals surface area (Å²) in [7, 11) is 0. The number of ether oxygens (including phenoxy) is 2. The Morgan fingerprint density at radius 1 is 0.702 bits per heavy atom. The monoisotopic (exact) mass is 701 g/mol. The maximum Gasteiger partial charge on any atom is 0.460 e. The van der Waals surface area contributed by atoms with E-state index in [0.717, 1.165) is 22.3 Å². The Morgan fingerprint density at radius 2 is 1.17 bits per heavy atom. The molecule has 2 aromatic carbocycles. The minimum absolute atomic E-state index is 0.335. The molecule has 2 N–H and O–H groups in total. The molecular formula is C27H20F13NO6. The lowest BCUT2D eigenvalue weighted by atomic mass is 9.93. The molecule has 0 bridgehead atoms. The van der Waals surface area contributed by atoms with Gasteiger partial charge in [0.1, 0.15) is 12.6 Å². The van der Waals surface area contributed by atoms with E-state index in [1.807, 2.05) is 12.1 Å². The number of carboxylic acid groups (broad SMARTS) is 1. The number of nitrogens with one attached hydrogen (secondary N) is 1. The average Bonchev–Trinajstić information content (AvgIpc) is 3.28. The van der Waals surface area contributed by atoms with Crippen molar-refractivity contribution in [2.75, 3.05) is 13.2 Å². The van der Waals surface area contributed by atoms with Crippen LogP contribution in [-0.4, -0.2) is 78.2 Å². The topological polar surface area (TPSA) is 102 Å². The molecule has 0 unspecified atom stereocenters. The number of benzene rings is 2. The van der Waals surface area contributed by atoms with Crippen molar-refractivity contribution in [1.82, 2.24) is 5.32 Å². The third kappa shape index (κ3) is 6.76. The van der Waals surface area contributed by atoms with Crippen LogP contribution in [-0.2, 0) is 19.1 Å². The molecule has 2 aromatic rings. The maximum atomic E-state index is 13.9. The first-order valence-electron chi connectivity index (χ1n) is 12.9. The third-order valence-electron chi connectivity index (χ3n) is 6.98. The van der Waals surface area contributed by atoms with E-state index in [9.17, 15) is 76.6 Å². The largest absolute Gasteiger partial charge is 0.480 e. The molecule has 1 atom stereocenters. The molecule has 0 saturated heterocycles. The zero-order valence-corrected chi connectivity index (χ0v) is 23.0. The molecule has 7 nitrogen and oxygen atoms in total. The average molecular weight is 701 g/mol. The van der Waals surface area contributed by atoms with Crippen molar-refractivity contribution in [3.8, 4) is 11.1 Å². The van der Waals surface area contributed by atoms with E-state index in [1.54, 1.807) is 41.7 Å². The number of aliphatic carboxylic acids is 1. The molecule has 1 aliphatic carbocycles. The van der Waals surface area contributed by atoms with Crippen LogP contribution in [0, 0.1) is 0 Å². The van der Waals surface area contributed by atoms with E-state index in [4.69, 9.17) is 4.74 Å². The second-order valence-corrected chi connectivity index (χ2v) is 10.0. The van der Waals surface area contributed by atoms with Crippen molar-refractivity contribution in [3.63, 3.8) is 0 Å². The van der Waals surface area contributed by atoms with Crippen molar-refractivity contribution in [1.29, 1.82) is 0 Å². The van der Waals surface area contributed by atoms with Gasteiger partial charge in [-0.2, -0.15) is 57.1 Å². The van der Waals surface area contributed by atoms with Gasteiger partial charge in [0.15, 0.2) is 0 Å². The number of hydrogen-bond donors (Lipinski definition) is 2. The van der Waals surface area contributed by atoms with Crippen LogP contribution in [0.3, 0.4) is 0 Å². The number of alkyl carbamates (subject to hydrolysis) is 1. The van der Waals surface area contributed by atoms with E-state index >= 15 is 0 Å². The van der Waals surface area contributed by atoms with Gasteiger partial charge in [-0.15, -0.1) is 0 Å². The highest BCUT2D eigenvalue weighted by Crippen LogP contribution is 2.60. The van der Waals surface area contributed by atoms with E-state index in [1.165, 1.54) is 0 Å². The number of halogens is 13. The number of alkyl halides is 13. The number of hydrogen-bond acceptors (Lipinski definition) is 5. The minimum atomic E-state index is -8.08. The zero-order chi connectivity index (χ0) is 35.8. The summed E-state index contributed by atoms with van der Waals surface area (Å²) in [6.07, 6.45) is -13.2. The number of fused-ring (bicyclic) bond motifs is 3. The third-order valence-corrected chi connectivity index (χ3v) is 6.98. The highest BCUT2D eigenvalue weighted by atomic mass is 19.4. The molecule has 0 aromatic heterocycles. The summed E-state index contributed by atoms with van der Waals surface area (Å²) in [5, 5.41) is 11.0. The second kappa shape index (κ2) is 12.7. The van der Waals surface area contributed by atoms with Crippen molar-refractivity contribution < 1.29 is 86.0 Å². The first-order valence-corrected chi connectivity index (χ1v) is 12.9. The Morgan fingerprint density at radius 3 is 1.64 bits per heavy atom. The SMILES string of the molecule is O=C(C[C@H](NC(=O)OCC1c2ccccc2-c2ccccc21)C(=O)O)OCCC(F)(F)C(F)(F)C(F)(F)C(F)(F)C(F)(F)C(F)(F)F. The van der Waals surface area contributed by atoms with Gasteiger partial charge in [-0.1, -0.05) is 48.5 Å². The fourth-order valence-electron chi connectivity index (χ4n) is 4.46. The molecule has 0 radical (unpaired) electrons. The Bertz CT molecular complexity index is 1450. The fourth-order valence-corrected chi connectivity index (χ4v) is 4.46. The lowest BCUT2D eigenvalue weighted by Gasteiger charge is -2.39. The first kappa shape index (κ1) is 37.2. The molecule has 20 heteroatoms. The van der Waals surface area contributed by atoms with Gasteiger partial charge in [-0.05, 0) is 22.3 Å². The van der Waals surface area contributed by atoms with E-state index in [0.29, 0.717) is 0 Å². The van der Waals surface area contributed by atoms with Crippen molar-refractivity contribution in [3.05, 3.63) is 59.7 Å². The van der Waals surface area contributed by atoms with Gasteiger partial charge in [0.2, 0.25) is 0 Å². The van der Waals surface area contributed by atoms with Gasteiger partial charge >= 0.3 is 53.8 Å². The van der Waals surface area contributed by atoms with Crippen LogP contribution in [0.25, 0.3) is 11.1 Å². The van der Waals surface area contributed by atoms with Crippen molar-refractivity contribution >= 4 is 18.0 Å². The summed E-state index contributed by atoms with van der Waals surface area (Å²) < 4.78 is 181. The molecule has 1 aliphatic rings. The van der Waals surface area contributed by atoms with Gasteiger partial charge in [-0.25, -0.2) is 9.59 Å². The van der Waals surface area contributed by atoms with E-state index < -0.39 is 85.2 Å². The second-order valence-electron chi connectivity index (χ2n) is 10.0. The van der Waals surface area contributed by atoms with Crippen LogP contribution < -0.4 is 5.32 Å². The number of amides is 1. The van der Waals surface area contributed by atoms with Crippen molar-refractivity contribution in [2.45, 2.75) is 60.6 Å². The van der Waals surface area contributed by atoms with Crippen LogP contribution in [0.1, 0.15) is 29.9 Å². The molecule has 0 heterocycles. The molecule has 47 heavy (non-hydrogen) atoms. The van der Waals surface area contributed by atoms with Crippen LogP contribution in [0.2, 0.25) is 0 Å². The van der Waals surface area contributed by atoms with Gasteiger partial charge in [0, 0.05) is 5.92 Å². The Hall–Kier alpha value is -4.26. The molecule has 0 aliphatic heterocycles. The predicted octanol–water partition coefficient (Wildman–Crippen LogP) is 7.04. The number of esters is 1. The number of rotatable bonds is 13. The summed E-state index contributed by atoms with van der Waals surface area (Å²) in [5.74, 6) is -42.3. The van der Waals surface area contributed by atoms with Gasteiger partial charge in [0.05, 0.1) is 19.4 Å². The smallest absolute Gasteiger partial charge is 0.460 e. The number of carboxylic acids is 1. The highest BCUT2D eigenvalue weighted by Gasteiger charge is 2.90. The van der Waals surface area contributed by atoms with Gasteiger partial charge in [-0.3, -0.25) is 4.79 Å². The summed E-state index contributed by atoms with van der Waals surface area (Å²) in [4.78, 5) is 35.7. The fraction of sp³-hybridized carbons (Fsp3) is 0.444. The Balaban J connectivity index is 1.59. The molecule has 0 fully saturated rings. The van der Waals surface area contributed by atoms with Crippen LogP contribution in [0.15, 0.2) is 48.5 Å². The summed E-state index contributed by atoms with van der Waals surface area (Å²) in [6.45, 7) is -2.41. The molecule has 260 valence electrons. The lowest BCUT2D eigenvalue weighted by molar-refractivity contribution is -0.440. The first-order chi connectivity index (χ1) is 21.4. The molecule has 3 rings (SSSR count). The molecule has 0 spiro atoms.